The number of methoxy groups -OCH3 is 1. The summed E-state index contributed by atoms with van der Waals surface area (Å²) in [6.07, 6.45) is 4.75. The number of carbonyl (C=O) groups is 3. The summed E-state index contributed by atoms with van der Waals surface area (Å²) >= 11 is 0. The second kappa shape index (κ2) is 10.7. The molecule has 7 nitrogen and oxygen atoms in total. The number of amides is 4. The number of aryl methyl sites for hydroxylation is 2. The Morgan fingerprint density at radius 1 is 1.03 bits per heavy atom. The number of ether oxygens (including phenoxy) is 1. The van der Waals surface area contributed by atoms with Crippen molar-refractivity contribution in [2.45, 2.75) is 50.5 Å². The number of imide groups is 1. The number of rotatable bonds is 9. The molecule has 0 bridgehead atoms. The molecule has 2 N–H and O–H groups in total. The maximum Gasteiger partial charge on any atom is 0.322 e. The van der Waals surface area contributed by atoms with Gasteiger partial charge in [0.15, 0.2) is 0 Å². The highest BCUT2D eigenvalue weighted by Gasteiger charge is 2.51. The van der Waals surface area contributed by atoms with E-state index in [-0.39, 0.29) is 17.7 Å². The van der Waals surface area contributed by atoms with Gasteiger partial charge in [-0.2, -0.15) is 0 Å². The lowest BCUT2D eigenvalue weighted by Gasteiger charge is -2.40. The van der Waals surface area contributed by atoms with Gasteiger partial charge in [-0.25, -0.2) is 4.79 Å². The van der Waals surface area contributed by atoms with Gasteiger partial charge >= 0.3 is 6.03 Å². The fourth-order valence-corrected chi connectivity index (χ4v) is 5.25. The van der Waals surface area contributed by atoms with Crippen LogP contribution in [-0.4, -0.2) is 48.5 Å². The van der Waals surface area contributed by atoms with Gasteiger partial charge in [-0.1, -0.05) is 42.5 Å². The normalized spacial score (nSPS) is 20.7. The van der Waals surface area contributed by atoms with Crippen LogP contribution in [0, 0.1) is 5.92 Å². The Labute approximate surface area is 200 Å². The van der Waals surface area contributed by atoms with Crippen LogP contribution in [0.1, 0.15) is 43.2 Å². The standard InChI is InChI=1S/C27H33N3O4/c1-34-23-11-5-9-21(19-23)12-13-24(31)30-17-14-22(15-18-30)27(25(32)28-26(33)29-27)16-6-10-20-7-3-2-4-8-20/h2-5,7-9,11,19,22H,6,10,12-18H2,1H3,(H2,28,29,32,33). The minimum absolute atomic E-state index is 0.0113. The molecular weight excluding hydrogens is 430 g/mol. The van der Waals surface area contributed by atoms with Crippen LogP contribution in [0.3, 0.4) is 0 Å². The number of hydrogen-bond donors (Lipinski definition) is 2. The number of urea groups is 1. The highest BCUT2D eigenvalue weighted by atomic mass is 16.5. The number of carbonyl (C=O) groups excluding carboxylic acids is 3. The zero-order chi connectivity index (χ0) is 24.0. The summed E-state index contributed by atoms with van der Waals surface area (Å²) in [6, 6.07) is 17.5. The van der Waals surface area contributed by atoms with Gasteiger partial charge in [0.05, 0.1) is 7.11 Å². The molecule has 2 aliphatic heterocycles. The van der Waals surface area contributed by atoms with Crippen LogP contribution in [0.5, 0.6) is 5.75 Å². The average molecular weight is 464 g/mol. The molecule has 180 valence electrons. The summed E-state index contributed by atoms with van der Waals surface area (Å²) in [7, 11) is 1.63. The zero-order valence-electron chi connectivity index (χ0n) is 19.7. The first-order chi connectivity index (χ1) is 16.5. The van der Waals surface area contributed by atoms with Gasteiger partial charge in [0.2, 0.25) is 5.91 Å². The molecule has 2 aromatic rings. The molecule has 0 saturated carbocycles. The Hall–Kier alpha value is -3.35. The first kappa shape index (κ1) is 23.8. The molecule has 2 aromatic carbocycles. The highest BCUT2D eigenvalue weighted by molar-refractivity contribution is 6.07. The summed E-state index contributed by atoms with van der Waals surface area (Å²) < 4.78 is 5.26. The van der Waals surface area contributed by atoms with Crippen LogP contribution in [0.4, 0.5) is 4.79 Å². The molecule has 1 unspecified atom stereocenters. The Kier molecular flexibility index (Phi) is 7.50. The molecule has 4 rings (SSSR count). The summed E-state index contributed by atoms with van der Waals surface area (Å²) in [5.41, 5.74) is 1.41. The molecule has 0 aromatic heterocycles. The van der Waals surface area contributed by atoms with Crippen molar-refractivity contribution in [3.05, 3.63) is 65.7 Å². The van der Waals surface area contributed by atoms with E-state index in [1.54, 1.807) is 7.11 Å². The lowest BCUT2D eigenvalue weighted by atomic mass is 9.74. The van der Waals surface area contributed by atoms with E-state index in [1.165, 1.54) is 5.56 Å². The molecule has 2 heterocycles. The lowest BCUT2D eigenvalue weighted by Crippen LogP contribution is -2.56. The van der Waals surface area contributed by atoms with E-state index in [0.29, 0.717) is 45.2 Å². The second-order valence-electron chi connectivity index (χ2n) is 9.23. The molecule has 0 spiro atoms. The van der Waals surface area contributed by atoms with E-state index >= 15 is 0 Å². The van der Waals surface area contributed by atoms with Crippen LogP contribution in [0.2, 0.25) is 0 Å². The van der Waals surface area contributed by atoms with Crippen LogP contribution in [0.15, 0.2) is 54.6 Å². The first-order valence-corrected chi connectivity index (χ1v) is 12.1. The summed E-state index contributed by atoms with van der Waals surface area (Å²) in [5.74, 6) is 0.699. The fourth-order valence-electron chi connectivity index (χ4n) is 5.25. The molecule has 2 aliphatic rings. The lowest BCUT2D eigenvalue weighted by molar-refractivity contribution is -0.133. The Balaban J connectivity index is 1.32. The number of piperidine rings is 1. The van der Waals surface area contributed by atoms with Gasteiger partial charge in [-0.15, -0.1) is 0 Å². The molecule has 4 amide bonds. The monoisotopic (exact) mass is 463 g/mol. The average Bonchev–Trinajstić information content (AvgIpc) is 3.17. The molecule has 2 saturated heterocycles. The van der Waals surface area contributed by atoms with Crippen molar-refractivity contribution in [3.8, 4) is 5.75 Å². The molecule has 1 atom stereocenters. The van der Waals surface area contributed by atoms with Gasteiger partial charge in [-0.05, 0) is 67.7 Å². The minimum Gasteiger partial charge on any atom is -0.497 e. The van der Waals surface area contributed by atoms with E-state index in [9.17, 15) is 14.4 Å². The van der Waals surface area contributed by atoms with Crippen molar-refractivity contribution in [1.82, 2.24) is 15.5 Å². The zero-order valence-corrected chi connectivity index (χ0v) is 19.7. The van der Waals surface area contributed by atoms with Gasteiger partial charge in [0.1, 0.15) is 11.3 Å². The molecule has 2 fully saturated rings. The minimum atomic E-state index is -0.887. The van der Waals surface area contributed by atoms with Crippen molar-refractivity contribution in [2.75, 3.05) is 20.2 Å². The Bertz CT molecular complexity index is 1020. The highest BCUT2D eigenvalue weighted by Crippen LogP contribution is 2.35. The predicted molar refractivity (Wildman–Crippen MR) is 129 cm³/mol. The molecule has 0 radical (unpaired) electrons. The van der Waals surface area contributed by atoms with Crippen molar-refractivity contribution in [1.29, 1.82) is 0 Å². The molecular formula is C27H33N3O4. The van der Waals surface area contributed by atoms with Crippen LogP contribution in [0.25, 0.3) is 0 Å². The van der Waals surface area contributed by atoms with E-state index < -0.39 is 11.6 Å². The number of benzene rings is 2. The Morgan fingerprint density at radius 2 is 1.76 bits per heavy atom. The van der Waals surface area contributed by atoms with Crippen LogP contribution < -0.4 is 15.4 Å². The van der Waals surface area contributed by atoms with Crippen molar-refractivity contribution in [3.63, 3.8) is 0 Å². The smallest absolute Gasteiger partial charge is 0.322 e. The third-order valence-electron chi connectivity index (χ3n) is 7.15. The molecule has 7 heteroatoms. The topological polar surface area (TPSA) is 87.7 Å². The van der Waals surface area contributed by atoms with Crippen LogP contribution >= 0.6 is 0 Å². The van der Waals surface area contributed by atoms with Crippen molar-refractivity contribution in [2.24, 2.45) is 5.92 Å². The predicted octanol–water partition coefficient (Wildman–Crippen LogP) is 3.47. The van der Waals surface area contributed by atoms with Crippen LogP contribution in [-0.2, 0) is 22.4 Å². The number of nitrogens with zero attached hydrogens (tertiary/aromatic N) is 1. The van der Waals surface area contributed by atoms with Crippen molar-refractivity contribution < 1.29 is 19.1 Å². The molecule has 0 aliphatic carbocycles. The largest absolute Gasteiger partial charge is 0.497 e. The second-order valence-corrected chi connectivity index (χ2v) is 9.23. The quantitative estimate of drug-likeness (QED) is 0.558. The van der Waals surface area contributed by atoms with E-state index in [1.807, 2.05) is 47.4 Å². The Morgan fingerprint density at radius 3 is 2.44 bits per heavy atom. The summed E-state index contributed by atoms with van der Waals surface area (Å²) in [4.78, 5) is 39.7. The van der Waals surface area contributed by atoms with Gasteiger partial charge in [-0.3, -0.25) is 14.9 Å². The van der Waals surface area contributed by atoms with E-state index in [4.69, 9.17) is 4.74 Å². The van der Waals surface area contributed by atoms with Gasteiger partial charge in [0.25, 0.3) is 5.91 Å². The molecule has 34 heavy (non-hydrogen) atoms. The summed E-state index contributed by atoms with van der Waals surface area (Å²) in [6.45, 7) is 1.20. The fraction of sp³-hybridized carbons (Fsp3) is 0.444. The summed E-state index contributed by atoms with van der Waals surface area (Å²) in [5, 5.41) is 5.42. The van der Waals surface area contributed by atoms with Gasteiger partial charge in [0, 0.05) is 19.5 Å². The third-order valence-corrected chi connectivity index (χ3v) is 7.15. The maximum atomic E-state index is 12.9. The van der Waals surface area contributed by atoms with E-state index in [2.05, 4.69) is 22.8 Å². The maximum absolute atomic E-state index is 12.9. The van der Waals surface area contributed by atoms with Gasteiger partial charge < -0.3 is 15.0 Å². The third kappa shape index (κ3) is 5.41. The number of likely N-dealkylation sites (tertiary alicyclic amines) is 1. The number of nitrogens with one attached hydrogen (secondary N) is 2. The van der Waals surface area contributed by atoms with Crippen molar-refractivity contribution >= 4 is 17.8 Å². The first-order valence-electron chi connectivity index (χ1n) is 12.1. The number of hydrogen-bond acceptors (Lipinski definition) is 4. The SMILES string of the molecule is COc1cccc(CCC(=O)N2CCC(C3(CCCc4ccccc4)NC(=O)NC3=O)CC2)c1. The van der Waals surface area contributed by atoms with E-state index in [0.717, 1.165) is 24.2 Å².